The first kappa shape index (κ1) is 49.5. The predicted molar refractivity (Wildman–Crippen MR) is 247 cm³/mol. The molecule has 1 aliphatic rings. The van der Waals surface area contributed by atoms with Crippen molar-refractivity contribution in [2.45, 2.75) is 96.8 Å². The summed E-state index contributed by atoms with van der Waals surface area (Å²) in [4.78, 5) is 36.7. The number of hydrogen-bond donors (Lipinski definition) is 5. The van der Waals surface area contributed by atoms with Crippen molar-refractivity contribution >= 4 is 59.3 Å². The molecule has 0 saturated carbocycles. The molecule has 4 heterocycles. The highest BCUT2D eigenvalue weighted by Gasteiger charge is 2.46. The molecule has 0 spiro atoms. The topological polar surface area (TPSA) is 220 Å². The quantitative estimate of drug-likeness (QED) is 0.0300. The van der Waals surface area contributed by atoms with Gasteiger partial charge in [-0.2, -0.15) is 10.2 Å². The van der Waals surface area contributed by atoms with Gasteiger partial charge < -0.3 is 39.2 Å². The number of amides is 1. The molecule has 18 nitrogen and oxygen atoms in total. The standard InChI is InChI=1S/C45H60ClN8O10P/c1-6-31(7-2)26-61-44(57)30(5)52-65(59,64-33-14-10-9-11-15-33)62-27-39-40(55)41(56)42(63-39)37-18-19-38-43(48-28-49-54(37)38)51-45(58)60-24-23-53(8-3)22-12-13-29(4)50-35-20-21-47-36-25-32(46)16-17-34(35)36/h9-11,14-21,25,28-31,39-42,55-56H,6-8,12-13,22-24,26-27H2,1-5H3,(H,47,50)(H,52,59)(H,48,49,51,58)/t29?,30-,39?,40+,41+,42-,65-/m0/s1. The first-order chi connectivity index (χ1) is 31.3. The van der Waals surface area contributed by atoms with Crippen LogP contribution in [-0.4, -0.2) is 117 Å². The zero-order valence-electron chi connectivity index (χ0n) is 37.3. The fourth-order valence-electron chi connectivity index (χ4n) is 7.45. The lowest BCUT2D eigenvalue weighted by Gasteiger charge is -2.25. The van der Waals surface area contributed by atoms with Crippen LogP contribution in [0.4, 0.5) is 16.3 Å². The van der Waals surface area contributed by atoms with Crippen LogP contribution >= 0.6 is 19.3 Å². The number of fused-ring (bicyclic) bond motifs is 2. The third-order valence-electron chi connectivity index (χ3n) is 11.4. The number of aliphatic hydroxyl groups excluding tert-OH is 2. The average molecular weight is 939 g/mol. The van der Waals surface area contributed by atoms with Crippen LogP contribution in [0.25, 0.3) is 16.4 Å². The molecular weight excluding hydrogens is 879 g/mol. The van der Waals surface area contributed by atoms with Gasteiger partial charge in [0.1, 0.15) is 54.7 Å². The van der Waals surface area contributed by atoms with Crippen LogP contribution in [0.1, 0.15) is 72.1 Å². The molecule has 5 N–H and O–H groups in total. The Kier molecular flexibility index (Phi) is 17.9. The van der Waals surface area contributed by atoms with Crippen molar-refractivity contribution in [3.05, 3.63) is 90.0 Å². The highest BCUT2D eigenvalue weighted by atomic mass is 35.5. The van der Waals surface area contributed by atoms with E-state index in [4.69, 9.17) is 34.9 Å². The van der Waals surface area contributed by atoms with Gasteiger partial charge in [-0.05, 0) is 94.2 Å². The van der Waals surface area contributed by atoms with Crippen LogP contribution in [0.5, 0.6) is 5.75 Å². The molecule has 0 radical (unpaired) electrons. The van der Waals surface area contributed by atoms with Crippen molar-refractivity contribution in [2.75, 3.05) is 50.1 Å². The number of hydrogen-bond acceptors (Lipinski definition) is 15. The van der Waals surface area contributed by atoms with Gasteiger partial charge in [0.15, 0.2) is 5.82 Å². The van der Waals surface area contributed by atoms with E-state index in [0.717, 1.165) is 55.4 Å². The molecular formula is C45H60ClN8O10P. The molecule has 7 atom stereocenters. The van der Waals surface area contributed by atoms with Gasteiger partial charge >= 0.3 is 19.8 Å². The van der Waals surface area contributed by atoms with Crippen molar-refractivity contribution in [1.29, 1.82) is 0 Å². The first-order valence-electron chi connectivity index (χ1n) is 22.1. The number of benzene rings is 2. The van der Waals surface area contributed by atoms with Gasteiger partial charge in [0.25, 0.3) is 0 Å². The Labute approximate surface area is 383 Å². The number of ether oxygens (including phenoxy) is 3. The molecule has 65 heavy (non-hydrogen) atoms. The second-order valence-corrected chi connectivity index (χ2v) is 18.1. The maximum Gasteiger partial charge on any atom is 0.459 e. The minimum absolute atomic E-state index is 0.149. The Morgan fingerprint density at radius 3 is 2.52 bits per heavy atom. The number of rotatable bonds is 24. The molecule has 3 aromatic heterocycles. The van der Waals surface area contributed by atoms with Gasteiger partial charge in [-0.25, -0.2) is 18.9 Å². The number of aromatic nitrogens is 4. The fourth-order valence-corrected chi connectivity index (χ4v) is 9.12. The van der Waals surface area contributed by atoms with Gasteiger partial charge in [-0.15, -0.1) is 0 Å². The molecule has 6 rings (SSSR count). The summed E-state index contributed by atoms with van der Waals surface area (Å²) in [5, 5.41) is 37.2. The molecule has 2 unspecified atom stereocenters. The van der Waals surface area contributed by atoms with E-state index in [1.165, 1.54) is 17.8 Å². The summed E-state index contributed by atoms with van der Waals surface area (Å²) in [6.45, 7) is 11.7. The lowest BCUT2D eigenvalue weighted by atomic mass is 10.1. The molecule has 5 aromatic rings. The van der Waals surface area contributed by atoms with E-state index in [0.29, 0.717) is 22.8 Å². The Hall–Kier alpha value is -4.91. The summed E-state index contributed by atoms with van der Waals surface area (Å²) >= 11 is 6.15. The number of aliphatic hydroxyl groups is 2. The minimum Gasteiger partial charge on any atom is -0.464 e. The zero-order chi connectivity index (χ0) is 46.5. The van der Waals surface area contributed by atoms with Crippen molar-refractivity contribution < 1.29 is 47.6 Å². The van der Waals surface area contributed by atoms with Crippen molar-refractivity contribution in [3.8, 4) is 5.75 Å². The molecule has 0 aliphatic carbocycles. The summed E-state index contributed by atoms with van der Waals surface area (Å²) in [6.07, 6.45) is 0.581. The largest absolute Gasteiger partial charge is 0.464 e. The lowest BCUT2D eigenvalue weighted by Crippen LogP contribution is -2.37. The van der Waals surface area contributed by atoms with Crippen LogP contribution < -0.4 is 20.2 Å². The average Bonchev–Trinajstić information content (AvgIpc) is 3.85. The second-order valence-electron chi connectivity index (χ2n) is 16.0. The number of halogens is 1. The van der Waals surface area contributed by atoms with Gasteiger partial charge in [0.2, 0.25) is 0 Å². The van der Waals surface area contributed by atoms with Crippen molar-refractivity contribution in [1.82, 2.24) is 29.6 Å². The smallest absolute Gasteiger partial charge is 0.459 e. The van der Waals surface area contributed by atoms with E-state index in [2.05, 4.69) is 49.5 Å². The number of nitrogens with one attached hydrogen (secondary N) is 3. The normalized spacial score (nSPS) is 19.3. The Bertz CT molecular complexity index is 2380. The maximum atomic E-state index is 14.1. The van der Waals surface area contributed by atoms with E-state index < -0.39 is 56.9 Å². The monoisotopic (exact) mass is 938 g/mol. The molecule has 1 fully saturated rings. The summed E-state index contributed by atoms with van der Waals surface area (Å²) < 4.78 is 44.2. The third kappa shape index (κ3) is 13.4. The molecule has 352 valence electrons. The summed E-state index contributed by atoms with van der Waals surface area (Å²) in [5.41, 5.74) is 2.56. The van der Waals surface area contributed by atoms with Crippen LogP contribution in [0.15, 0.2) is 79.3 Å². The number of likely N-dealkylation sites (N-methyl/N-ethyl adjacent to an activating group) is 1. The maximum absolute atomic E-state index is 14.1. The highest BCUT2D eigenvalue weighted by molar-refractivity contribution is 7.52. The van der Waals surface area contributed by atoms with Gasteiger partial charge in [0.05, 0.1) is 24.4 Å². The van der Waals surface area contributed by atoms with E-state index in [1.807, 2.05) is 38.1 Å². The molecule has 1 aliphatic heterocycles. The molecule has 0 bridgehead atoms. The molecule has 2 aromatic carbocycles. The first-order valence-corrected chi connectivity index (χ1v) is 24.0. The molecule has 20 heteroatoms. The number of anilines is 2. The third-order valence-corrected chi connectivity index (χ3v) is 13.2. The van der Waals surface area contributed by atoms with Gasteiger partial charge in [-0.1, -0.05) is 63.4 Å². The lowest BCUT2D eigenvalue weighted by molar-refractivity contribution is -0.146. The van der Waals surface area contributed by atoms with Gasteiger partial charge in [-0.3, -0.25) is 19.6 Å². The SMILES string of the molecule is CCC(CC)COC(=O)[C@H](C)N[P@](=O)(OCC1O[C@@H](c2ccc3c(NC(=O)OCCN(CC)CCCC(C)Nc4ccnc5cc(Cl)ccc45)ncnn23)[C@H](O)[C@@H]1O)Oc1ccccc1. The number of pyridine rings is 1. The van der Waals surface area contributed by atoms with E-state index >= 15 is 0 Å². The Morgan fingerprint density at radius 1 is 0.985 bits per heavy atom. The van der Waals surface area contributed by atoms with Crippen LogP contribution in [-0.2, 0) is 28.1 Å². The Balaban J connectivity index is 0.998. The number of para-hydroxylation sites is 1. The van der Waals surface area contributed by atoms with Crippen molar-refractivity contribution in [2.24, 2.45) is 5.92 Å². The predicted octanol–water partition coefficient (Wildman–Crippen LogP) is 7.41. The highest BCUT2D eigenvalue weighted by Crippen LogP contribution is 2.46. The van der Waals surface area contributed by atoms with E-state index in [1.54, 1.807) is 48.7 Å². The number of carbonyl (C=O) groups excluding carboxylic acids is 2. The summed E-state index contributed by atoms with van der Waals surface area (Å²) in [5.74, 6) is -0.0906. The number of carbonyl (C=O) groups is 2. The number of nitrogens with zero attached hydrogens (tertiary/aromatic N) is 5. The molecule has 1 amide bonds. The fraction of sp³-hybridized carbons (Fsp3) is 0.489. The van der Waals surface area contributed by atoms with Crippen molar-refractivity contribution in [3.63, 3.8) is 0 Å². The summed E-state index contributed by atoms with van der Waals surface area (Å²) in [7, 11) is -4.31. The van der Waals surface area contributed by atoms with Crippen LogP contribution in [0.2, 0.25) is 5.02 Å². The number of esters is 1. The van der Waals surface area contributed by atoms with E-state index in [9.17, 15) is 24.4 Å². The zero-order valence-corrected chi connectivity index (χ0v) is 39.0. The molecule has 1 saturated heterocycles. The van der Waals surface area contributed by atoms with Crippen LogP contribution in [0, 0.1) is 5.92 Å². The Morgan fingerprint density at radius 2 is 1.77 bits per heavy atom. The summed E-state index contributed by atoms with van der Waals surface area (Å²) in [6, 6.07) is 18.3. The second kappa shape index (κ2) is 23.5. The van der Waals surface area contributed by atoms with E-state index in [-0.39, 0.29) is 36.7 Å². The minimum atomic E-state index is -4.31. The van der Waals surface area contributed by atoms with Crippen LogP contribution in [0.3, 0.4) is 0 Å². The van der Waals surface area contributed by atoms with Gasteiger partial charge in [0, 0.05) is 34.9 Å².